The van der Waals surface area contributed by atoms with Gasteiger partial charge in [0.2, 0.25) is 5.91 Å². The molecule has 1 atom stereocenters. The number of ether oxygens (including phenoxy) is 1. The molecule has 4 N–H and O–H groups in total. The van der Waals surface area contributed by atoms with Gasteiger partial charge in [-0.1, -0.05) is 0 Å². The number of aromatic nitrogens is 2. The zero-order valence-corrected chi connectivity index (χ0v) is 20.8. The lowest BCUT2D eigenvalue weighted by Gasteiger charge is -2.34. The van der Waals surface area contributed by atoms with Gasteiger partial charge in [0, 0.05) is 31.2 Å². The Labute approximate surface area is 209 Å². The summed E-state index contributed by atoms with van der Waals surface area (Å²) < 4.78 is 21.4. The quantitative estimate of drug-likeness (QED) is 0.440. The van der Waals surface area contributed by atoms with E-state index >= 15 is 0 Å². The normalized spacial score (nSPS) is 15.3. The highest BCUT2D eigenvalue weighted by Crippen LogP contribution is 2.32. The molecule has 2 aromatic carbocycles. The van der Waals surface area contributed by atoms with E-state index in [4.69, 9.17) is 15.5 Å². The molecule has 0 bridgehead atoms. The van der Waals surface area contributed by atoms with E-state index in [0.717, 1.165) is 29.7 Å². The zero-order chi connectivity index (χ0) is 25.8. The number of carbonyl (C=O) groups excluding carboxylic acids is 2. The molecule has 1 aromatic heterocycles. The van der Waals surface area contributed by atoms with Gasteiger partial charge in [-0.15, -0.1) is 0 Å². The van der Waals surface area contributed by atoms with Gasteiger partial charge in [-0.2, -0.15) is 0 Å². The molecule has 1 aliphatic heterocycles. The van der Waals surface area contributed by atoms with Crippen LogP contribution in [0.5, 0.6) is 11.5 Å². The van der Waals surface area contributed by atoms with Gasteiger partial charge in [-0.25, -0.2) is 14.2 Å². The van der Waals surface area contributed by atoms with Crippen molar-refractivity contribution in [2.24, 2.45) is 5.73 Å². The van der Waals surface area contributed by atoms with Crippen molar-refractivity contribution in [3.05, 3.63) is 54.1 Å². The number of imidazole rings is 1. The number of fused-ring (bicyclic) bond motifs is 1. The second kappa shape index (κ2) is 10.9. The summed E-state index contributed by atoms with van der Waals surface area (Å²) in [4.78, 5) is 30.7. The molecule has 36 heavy (non-hydrogen) atoms. The first kappa shape index (κ1) is 25.4. The van der Waals surface area contributed by atoms with Gasteiger partial charge in [-0.3, -0.25) is 10.1 Å². The largest absolute Gasteiger partial charge is 0.457 e. The molecule has 4 rings (SSSR count). The van der Waals surface area contributed by atoms with E-state index in [0.29, 0.717) is 31.1 Å². The molecule has 3 amide bonds. The highest BCUT2D eigenvalue weighted by molar-refractivity contribution is 5.80. The van der Waals surface area contributed by atoms with Crippen LogP contribution in [0.3, 0.4) is 0 Å². The number of hydrogen-bond donors (Lipinski definition) is 3. The fraction of sp³-hybridized carbons (Fsp3) is 0.423. The van der Waals surface area contributed by atoms with Gasteiger partial charge in [0.15, 0.2) is 0 Å². The first-order valence-corrected chi connectivity index (χ1v) is 12.2. The summed E-state index contributed by atoms with van der Waals surface area (Å²) in [6.07, 6.45) is 1.52. The third-order valence-electron chi connectivity index (χ3n) is 6.31. The highest BCUT2D eigenvalue weighted by atomic mass is 19.1. The Morgan fingerprint density at radius 1 is 1.11 bits per heavy atom. The summed E-state index contributed by atoms with van der Waals surface area (Å²) in [5, 5.41) is 6.10. The Morgan fingerprint density at radius 2 is 1.78 bits per heavy atom. The summed E-state index contributed by atoms with van der Waals surface area (Å²) in [6.45, 7) is 7.22. The first-order valence-electron chi connectivity index (χ1n) is 12.2. The van der Waals surface area contributed by atoms with E-state index < -0.39 is 11.9 Å². The van der Waals surface area contributed by atoms with Crippen molar-refractivity contribution >= 4 is 23.0 Å². The van der Waals surface area contributed by atoms with Crippen LogP contribution in [0.1, 0.15) is 45.5 Å². The lowest BCUT2D eigenvalue weighted by Crippen LogP contribution is -2.46. The van der Waals surface area contributed by atoms with Gasteiger partial charge in [0.1, 0.15) is 23.1 Å². The third-order valence-corrected chi connectivity index (χ3v) is 6.31. The van der Waals surface area contributed by atoms with Crippen LogP contribution in [0, 0.1) is 5.82 Å². The van der Waals surface area contributed by atoms with Gasteiger partial charge in [-0.05, 0) is 70.0 Å². The van der Waals surface area contributed by atoms with Crippen molar-refractivity contribution in [1.29, 1.82) is 0 Å². The Balaban J connectivity index is 1.61. The maximum atomic E-state index is 13.3. The fourth-order valence-corrected chi connectivity index (χ4v) is 4.37. The molecule has 10 heteroatoms. The van der Waals surface area contributed by atoms with Gasteiger partial charge >= 0.3 is 6.03 Å². The summed E-state index contributed by atoms with van der Waals surface area (Å²) in [5.41, 5.74) is 7.11. The predicted octanol–water partition coefficient (Wildman–Crippen LogP) is 3.69. The van der Waals surface area contributed by atoms with Crippen LogP contribution in [0.25, 0.3) is 11.0 Å². The van der Waals surface area contributed by atoms with Crippen LogP contribution in [0.4, 0.5) is 9.18 Å². The lowest BCUT2D eigenvalue weighted by atomic mass is 10.0. The predicted molar refractivity (Wildman–Crippen MR) is 135 cm³/mol. The topological polar surface area (TPSA) is 115 Å². The number of nitrogens with one attached hydrogen (secondary N) is 2. The van der Waals surface area contributed by atoms with Crippen molar-refractivity contribution in [3.8, 4) is 11.5 Å². The number of nitrogens with zero attached hydrogens (tertiary/aromatic N) is 3. The van der Waals surface area contributed by atoms with Gasteiger partial charge < -0.3 is 25.3 Å². The van der Waals surface area contributed by atoms with E-state index in [1.807, 2.05) is 36.9 Å². The summed E-state index contributed by atoms with van der Waals surface area (Å²) >= 11 is 0. The van der Waals surface area contributed by atoms with Crippen molar-refractivity contribution in [1.82, 2.24) is 25.1 Å². The van der Waals surface area contributed by atoms with Crippen molar-refractivity contribution in [3.63, 3.8) is 0 Å². The van der Waals surface area contributed by atoms with E-state index in [1.54, 1.807) is 19.1 Å². The molecule has 1 aliphatic rings. The number of urea groups is 1. The molecule has 0 aliphatic carbocycles. The number of nitrogens with two attached hydrogens (primary N) is 1. The molecule has 0 unspecified atom stereocenters. The average molecular weight is 497 g/mol. The Morgan fingerprint density at radius 3 is 2.42 bits per heavy atom. The number of rotatable bonds is 8. The zero-order valence-electron chi connectivity index (χ0n) is 20.8. The molecule has 192 valence electrons. The molecular formula is C26H33FN6O3. The number of piperidine rings is 1. The SMILES string of the molecule is CC(C)NC(=O)N1CCC(n2c(CN[C@@H](C)C(N)=O)nc3ccc(Oc4ccc(F)cc4)cc32)CC1. The molecule has 1 saturated heterocycles. The Kier molecular flexibility index (Phi) is 7.73. The van der Waals surface area contributed by atoms with Crippen LogP contribution in [0.15, 0.2) is 42.5 Å². The van der Waals surface area contributed by atoms with Crippen LogP contribution in [0.2, 0.25) is 0 Å². The minimum absolute atomic E-state index is 0.0499. The Bertz CT molecular complexity index is 1220. The Hall–Kier alpha value is -3.66. The minimum Gasteiger partial charge on any atom is -0.457 e. The molecule has 9 nitrogen and oxygen atoms in total. The smallest absolute Gasteiger partial charge is 0.317 e. The minimum atomic E-state index is -0.503. The lowest BCUT2D eigenvalue weighted by molar-refractivity contribution is -0.119. The van der Waals surface area contributed by atoms with Gasteiger partial charge in [0.25, 0.3) is 0 Å². The fourth-order valence-electron chi connectivity index (χ4n) is 4.37. The number of amides is 3. The monoisotopic (exact) mass is 496 g/mol. The van der Waals surface area contributed by atoms with E-state index in [2.05, 4.69) is 15.2 Å². The van der Waals surface area contributed by atoms with Crippen LogP contribution in [-0.2, 0) is 11.3 Å². The molecule has 2 heterocycles. The number of likely N-dealkylation sites (tertiary alicyclic amines) is 1. The molecule has 3 aromatic rings. The van der Waals surface area contributed by atoms with Crippen LogP contribution in [-0.4, -0.2) is 51.6 Å². The summed E-state index contributed by atoms with van der Waals surface area (Å²) in [6, 6.07) is 11.1. The number of benzene rings is 2. The van der Waals surface area contributed by atoms with Crippen LogP contribution >= 0.6 is 0 Å². The van der Waals surface area contributed by atoms with Crippen molar-refractivity contribution in [2.75, 3.05) is 13.1 Å². The number of halogens is 1. The number of primary amides is 1. The average Bonchev–Trinajstić information content (AvgIpc) is 3.21. The number of carbonyl (C=O) groups is 2. The maximum absolute atomic E-state index is 13.3. The standard InChI is InChI=1S/C26H33FN6O3/c1-16(2)30-26(35)32-12-10-19(11-13-32)33-23-14-21(36-20-6-4-18(27)5-7-20)8-9-22(23)31-24(33)15-29-17(3)25(28)34/h4-9,14,16-17,19,29H,10-13,15H2,1-3H3,(H2,28,34)(H,30,35)/t17-/m0/s1. The molecule has 0 spiro atoms. The molecule has 0 radical (unpaired) electrons. The molecule has 0 saturated carbocycles. The summed E-state index contributed by atoms with van der Waals surface area (Å²) in [7, 11) is 0. The van der Waals surface area contributed by atoms with E-state index in [9.17, 15) is 14.0 Å². The van der Waals surface area contributed by atoms with E-state index in [-0.39, 0.29) is 23.9 Å². The second-order valence-electron chi connectivity index (χ2n) is 9.43. The van der Waals surface area contributed by atoms with Crippen molar-refractivity contribution in [2.45, 2.75) is 58.3 Å². The molecule has 1 fully saturated rings. The van der Waals surface area contributed by atoms with Crippen LogP contribution < -0.4 is 21.1 Å². The second-order valence-corrected chi connectivity index (χ2v) is 9.43. The van der Waals surface area contributed by atoms with Crippen molar-refractivity contribution < 1.29 is 18.7 Å². The third kappa shape index (κ3) is 5.93. The highest BCUT2D eigenvalue weighted by Gasteiger charge is 2.27. The van der Waals surface area contributed by atoms with E-state index in [1.165, 1.54) is 12.1 Å². The summed E-state index contributed by atoms with van der Waals surface area (Å²) in [5.74, 6) is 1.16. The van der Waals surface area contributed by atoms with Gasteiger partial charge in [0.05, 0.1) is 23.6 Å². The maximum Gasteiger partial charge on any atom is 0.317 e. The number of hydrogen-bond acceptors (Lipinski definition) is 5. The first-order chi connectivity index (χ1) is 17.2. The molecular weight excluding hydrogens is 463 g/mol.